The maximum Gasteiger partial charge on any atom is 0.270 e. The van der Waals surface area contributed by atoms with Gasteiger partial charge in [-0.1, -0.05) is 18.2 Å². The fraction of sp³-hybridized carbons (Fsp3) is 0.118. The number of nitrogens with two attached hydrogens (primary N) is 1. The molecule has 0 spiro atoms. The molecule has 9 nitrogen and oxygen atoms in total. The van der Waals surface area contributed by atoms with E-state index in [0.29, 0.717) is 13.0 Å². The summed E-state index contributed by atoms with van der Waals surface area (Å²) in [5.41, 5.74) is 1.77. The van der Waals surface area contributed by atoms with Crippen LogP contribution in [-0.4, -0.2) is 29.7 Å². The SMILES string of the molecule is NS(=O)(=O)c1cc([N+](=O)[O-])ccc1NCCc1cnn(-c2ccccc2)c1. The minimum Gasteiger partial charge on any atom is -0.384 e. The molecule has 0 unspecified atom stereocenters. The van der Waals surface area contributed by atoms with Crippen molar-refractivity contribution in [1.82, 2.24) is 9.78 Å². The van der Waals surface area contributed by atoms with Crippen LogP contribution in [0.1, 0.15) is 5.56 Å². The number of hydrogen-bond donors (Lipinski definition) is 2. The molecule has 1 heterocycles. The van der Waals surface area contributed by atoms with Gasteiger partial charge in [-0.2, -0.15) is 5.10 Å². The minimum absolute atomic E-state index is 0.221. The van der Waals surface area contributed by atoms with Gasteiger partial charge in [-0.15, -0.1) is 0 Å². The average Bonchev–Trinajstić information content (AvgIpc) is 3.10. The van der Waals surface area contributed by atoms with Crippen LogP contribution in [0.5, 0.6) is 0 Å². The van der Waals surface area contributed by atoms with Crippen molar-refractivity contribution in [2.24, 2.45) is 5.14 Å². The van der Waals surface area contributed by atoms with Crippen molar-refractivity contribution in [1.29, 1.82) is 0 Å². The highest BCUT2D eigenvalue weighted by Gasteiger charge is 2.18. The van der Waals surface area contributed by atoms with Crippen molar-refractivity contribution >= 4 is 21.4 Å². The lowest BCUT2D eigenvalue weighted by Crippen LogP contribution is -2.16. The van der Waals surface area contributed by atoms with Crippen molar-refractivity contribution in [2.75, 3.05) is 11.9 Å². The number of nitro groups is 1. The summed E-state index contributed by atoms with van der Waals surface area (Å²) < 4.78 is 25.2. The minimum atomic E-state index is -4.10. The first kappa shape index (κ1) is 18.5. The highest BCUT2D eigenvalue weighted by Crippen LogP contribution is 2.25. The molecule has 0 aliphatic carbocycles. The van der Waals surface area contributed by atoms with Crippen LogP contribution in [0.2, 0.25) is 0 Å². The summed E-state index contributed by atoms with van der Waals surface area (Å²) in [5.74, 6) is 0. The lowest BCUT2D eigenvalue weighted by Gasteiger charge is -2.10. The average molecular weight is 387 g/mol. The monoisotopic (exact) mass is 387 g/mol. The first-order chi connectivity index (χ1) is 12.8. The van der Waals surface area contributed by atoms with Gasteiger partial charge in [0.05, 0.1) is 22.5 Å². The Bertz CT molecular complexity index is 1060. The van der Waals surface area contributed by atoms with Crippen molar-refractivity contribution in [3.63, 3.8) is 0 Å². The maximum atomic E-state index is 11.7. The lowest BCUT2D eigenvalue weighted by atomic mass is 10.2. The molecule has 140 valence electrons. The van der Waals surface area contributed by atoms with E-state index in [1.807, 2.05) is 36.5 Å². The second-order valence-corrected chi connectivity index (χ2v) is 7.32. The quantitative estimate of drug-likeness (QED) is 0.471. The van der Waals surface area contributed by atoms with Crippen molar-refractivity contribution in [2.45, 2.75) is 11.3 Å². The Kier molecular flexibility index (Phi) is 5.19. The fourth-order valence-corrected chi connectivity index (χ4v) is 3.29. The Morgan fingerprint density at radius 3 is 2.59 bits per heavy atom. The Balaban J connectivity index is 1.71. The summed E-state index contributed by atoms with van der Waals surface area (Å²) in [6.07, 6.45) is 4.19. The van der Waals surface area contributed by atoms with E-state index in [1.165, 1.54) is 12.1 Å². The summed E-state index contributed by atoms with van der Waals surface area (Å²) in [5, 5.41) is 23.3. The number of anilines is 1. The number of benzene rings is 2. The summed E-state index contributed by atoms with van der Waals surface area (Å²) >= 11 is 0. The predicted molar refractivity (Wildman–Crippen MR) is 100 cm³/mol. The largest absolute Gasteiger partial charge is 0.384 e. The molecular formula is C17H17N5O4S. The van der Waals surface area contributed by atoms with Gasteiger partial charge in [0.15, 0.2) is 0 Å². The second-order valence-electron chi connectivity index (χ2n) is 5.79. The molecule has 3 N–H and O–H groups in total. The number of primary sulfonamides is 1. The highest BCUT2D eigenvalue weighted by molar-refractivity contribution is 7.89. The predicted octanol–water partition coefficient (Wildman–Crippen LogP) is 2.08. The summed E-state index contributed by atoms with van der Waals surface area (Å²) in [7, 11) is -4.10. The molecule has 0 fully saturated rings. The van der Waals surface area contributed by atoms with Crippen molar-refractivity contribution in [3.8, 4) is 5.69 Å². The maximum absolute atomic E-state index is 11.7. The molecule has 2 aromatic carbocycles. The highest BCUT2D eigenvalue weighted by atomic mass is 32.2. The number of aromatic nitrogens is 2. The number of nitrogens with one attached hydrogen (secondary N) is 1. The summed E-state index contributed by atoms with van der Waals surface area (Å²) in [6.45, 7) is 0.404. The molecule has 0 aliphatic heterocycles. The number of rotatable bonds is 7. The normalized spacial score (nSPS) is 11.3. The fourth-order valence-electron chi connectivity index (χ4n) is 2.56. The van der Waals surface area contributed by atoms with E-state index in [0.717, 1.165) is 17.3 Å². The summed E-state index contributed by atoms with van der Waals surface area (Å²) in [4.78, 5) is 9.87. The first-order valence-electron chi connectivity index (χ1n) is 7.99. The zero-order valence-electron chi connectivity index (χ0n) is 14.1. The van der Waals surface area contributed by atoms with Gasteiger partial charge in [0.1, 0.15) is 4.90 Å². The van der Waals surface area contributed by atoms with Crippen LogP contribution in [0, 0.1) is 10.1 Å². The van der Waals surface area contributed by atoms with Crippen LogP contribution in [0.15, 0.2) is 65.8 Å². The second kappa shape index (κ2) is 7.56. The van der Waals surface area contributed by atoms with Crippen LogP contribution < -0.4 is 10.5 Å². The molecule has 0 aliphatic rings. The van der Waals surface area contributed by atoms with Gasteiger partial charge < -0.3 is 5.32 Å². The molecule has 0 amide bonds. The number of para-hydroxylation sites is 1. The Labute approximate surface area is 155 Å². The number of non-ortho nitro benzene ring substituents is 1. The Morgan fingerprint density at radius 2 is 1.93 bits per heavy atom. The number of nitro benzene ring substituents is 1. The van der Waals surface area contributed by atoms with Gasteiger partial charge in [0, 0.05) is 24.9 Å². The number of sulfonamides is 1. The van der Waals surface area contributed by atoms with Crippen LogP contribution in [-0.2, 0) is 16.4 Å². The smallest absolute Gasteiger partial charge is 0.270 e. The third-order valence-electron chi connectivity index (χ3n) is 3.87. The van der Waals surface area contributed by atoms with E-state index in [9.17, 15) is 18.5 Å². The van der Waals surface area contributed by atoms with Crippen LogP contribution in [0.4, 0.5) is 11.4 Å². The third-order valence-corrected chi connectivity index (χ3v) is 4.82. The van der Waals surface area contributed by atoms with Gasteiger partial charge in [-0.05, 0) is 30.2 Å². The van der Waals surface area contributed by atoms with Crippen molar-refractivity contribution in [3.05, 3.63) is 76.6 Å². The van der Waals surface area contributed by atoms with Gasteiger partial charge in [-0.25, -0.2) is 18.2 Å². The Morgan fingerprint density at radius 1 is 1.19 bits per heavy atom. The van der Waals surface area contributed by atoms with E-state index in [-0.39, 0.29) is 16.3 Å². The molecule has 0 bridgehead atoms. The standard InChI is InChI=1S/C17H17N5O4S/c18-27(25,26)17-10-15(22(23)24)6-7-16(17)19-9-8-13-11-20-21(12-13)14-4-2-1-3-5-14/h1-7,10-12,19H,8-9H2,(H2,18,25,26). The van der Waals surface area contributed by atoms with Crippen LogP contribution >= 0.6 is 0 Å². The summed E-state index contributed by atoms with van der Waals surface area (Å²) in [6, 6.07) is 13.1. The van der Waals surface area contributed by atoms with Gasteiger partial charge in [0.25, 0.3) is 5.69 Å². The molecular weight excluding hydrogens is 370 g/mol. The number of nitrogens with zero attached hydrogens (tertiary/aromatic N) is 3. The molecule has 0 saturated heterocycles. The number of hydrogen-bond acceptors (Lipinski definition) is 6. The molecule has 1 aromatic heterocycles. The van der Waals surface area contributed by atoms with Crippen LogP contribution in [0.3, 0.4) is 0 Å². The Hall–Kier alpha value is -3.24. The molecule has 0 atom stereocenters. The lowest BCUT2D eigenvalue weighted by molar-refractivity contribution is -0.385. The zero-order valence-corrected chi connectivity index (χ0v) is 15.0. The molecule has 10 heteroatoms. The molecule has 27 heavy (non-hydrogen) atoms. The van der Waals surface area contributed by atoms with E-state index in [4.69, 9.17) is 5.14 Å². The van der Waals surface area contributed by atoms with Gasteiger partial charge in [-0.3, -0.25) is 10.1 Å². The molecule has 0 radical (unpaired) electrons. The zero-order chi connectivity index (χ0) is 19.4. The van der Waals surface area contributed by atoms with Gasteiger partial charge in [0.2, 0.25) is 10.0 Å². The third kappa shape index (κ3) is 4.49. The van der Waals surface area contributed by atoms with Crippen LogP contribution in [0.25, 0.3) is 5.69 Å². The van der Waals surface area contributed by atoms with E-state index < -0.39 is 14.9 Å². The first-order valence-corrected chi connectivity index (χ1v) is 9.53. The van der Waals surface area contributed by atoms with Gasteiger partial charge >= 0.3 is 0 Å². The molecule has 3 rings (SSSR count). The van der Waals surface area contributed by atoms with E-state index >= 15 is 0 Å². The van der Waals surface area contributed by atoms with E-state index in [2.05, 4.69) is 10.4 Å². The molecule has 3 aromatic rings. The molecule has 0 saturated carbocycles. The topological polar surface area (TPSA) is 133 Å². The van der Waals surface area contributed by atoms with E-state index in [1.54, 1.807) is 10.9 Å². The van der Waals surface area contributed by atoms with Crippen molar-refractivity contribution < 1.29 is 13.3 Å².